The Bertz CT molecular complexity index is 1170. The molecule has 1 N–H and O–H groups in total. The number of anilines is 1. The summed E-state index contributed by atoms with van der Waals surface area (Å²) in [5, 5.41) is 11.9. The highest BCUT2D eigenvalue weighted by Gasteiger charge is 2.19. The standard InChI is InChI=1S/C21H22N6O/c1-5-26-12-17(15(4)25-26)18-9-10-22-20-16(11-23-27(18)20)21(28)24-19-13(2)7-6-8-14(19)3/h6-12H,5H2,1-4H3,(H,24,28). The van der Waals surface area contributed by atoms with Gasteiger partial charge in [-0.25, -0.2) is 9.50 Å². The Balaban J connectivity index is 1.76. The van der Waals surface area contributed by atoms with Gasteiger partial charge in [0.05, 0.1) is 17.6 Å². The molecular formula is C21H22N6O. The summed E-state index contributed by atoms with van der Waals surface area (Å²) in [4.78, 5) is 17.3. The van der Waals surface area contributed by atoms with Gasteiger partial charge in [0, 0.05) is 30.2 Å². The van der Waals surface area contributed by atoms with E-state index >= 15 is 0 Å². The number of aromatic nitrogens is 5. The quantitative estimate of drug-likeness (QED) is 0.590. The molecule has 1 amide bonds. The number of aryl methyl sites for hydroxylation is 4. The monoisotopic (exact) mass is 374 g/mol. The van der Waals surface area contributed by atoms with Crippen molar-refractivity contribution in [1.29, 1.82) is 0 Å². The van der Waals surface area contributed by atoms with E-state index in [2.05, 4.69) is 20.5 Å². The molecule has 0 unspecified atom stereocenters. The number of nitrogens with one attached hydrogen (secondary N) is 1. The summed E-state index contributed by atoms with van der Waals surface area (Å²) in [7, 11) is 0. The van der Waals surface area contributed by atoms with Gasteiger partial charge in [0.2, 0.25) is 0 Å². The Hall–Kier alpha value is -3.48. The molecule has 4 rings (SSSR count). The highest BCUT2D eigenvalue weighted by atomic mass is 16.1. The van der Waals surface area contributed by atoms with E-state index in [-0.39, 0.29) is 5.91 Å². The number of para-hydroxylation sites is 1. The number of hydrogen-bond donors (Lipinski definition) is 1. The summed E-state index contributed by atoms with van der Waals surface area (Å²) in [6, 6.07) is 7.81. The van der Waals surface area contributed by atoms with Crippen LogP contribution in [-0.2, 0) is 6.54 Å². The largest absolute Gasteiger partial charge is 0.321 e. The molecule has 4 aromatic rings. The van der Waals surface area contributed by atoms with Crippen LogP contribution in [0.3, 0.4) is 0 Å². The topological polar surface area (TPSA) is 77.1 Å². The third-order valence-corrected chi connectivity index (χ3v) is 4.91. The first-order valence-electron chi connectivity index (χ1n) is 9.24. The molecule has 28 heavy (non-hydrogen) atoms. The van der Waals surface area contributed by atoms with Crippen LogP contribution in [0.1, 0.15) is 34.1 Å². The first-order valence-corrected chi connectivity index (χ1v) is 9.24. The lowest BCUT2D eigenvalue weighted by Crippen LogP contribution is -2.14. The van der Waals surface area contributed by atoms with Crippen LogP contribution < -0.4 is 5.32 Å². The average Bonchev–Trinajstić information content (AvgIpc) is 3.28. The van der Waals surface area contributed by atoms with Crippen LogP contribution in [-0.4, -0.2) is 30.3 Å². The number of nitrogens with zero attached hydrogens (tertiary/aromatic N) is 5. The van der Waals surface area contributed by atoms with Crippen molar-refractivity contribution < 1.29 is 4.79 Å². The third kappa shape index (κ3) is 2.94. The summed E-state index contributed by atoms with van der Waals surface area (Å²) in [6.45, 7) is 8.75. The summed E-state index contributed by atoms with van der Waals surface area (Å²) < 4.78 is 3.58. The van der Waals surface area contributed by atoms with Gasteiger partial charge in [0.25, 0.3) is 5.91 Å². The van der Waals surface area contributed by atoms with E-state index in [0.717, 1.165) is 40.3 Å². The molecule has 0 saturated carbocycles. The molecule has 142 valence electrons. The van der Waals surface area contributed by atoms with E-state index < -0.39 is 0 Å². The van der Waals surface area contributed by atoms with Crippen molar-refractivity contribution in [2.24, 2.45) is 0 Å². The molecular weight excluding hydrogens is 352 g/mol. The van der Waals surface area contributed by atoms with Gasteiger partial charge >= 0.3 is 0 Å². The maximum atomic E-state index is 12.9. The van der Waals surface area contributed by atoms with Crippen LogP contribution in [0.4, 0.5) is 5.69 Å². The molecule has 7 heteroatoms. The smallest absolute Gasteiger partial charge is 0.261 e. The van der Waals surface area contributed by atoms with Crippen LogP contribution in [0.25, 0.3) is 16.9 Å². The zero-order valence-electron chi connectivity index (χ0n) is 16.4. The Morgan fingerprint density at radius 2 is 1.89 bits per heavy atom. The van der Waals surface area contributed by atoms with Gasteiger partial charge in [-0.15, -0.1) is 0 Å². The van der Waals surface area contributed by atoms with Crippen molar-refractivity contribution in [1.82, 2.24) is 24.4 Å². The zero-order chi connectivity index (χ0) is 19.8. The number of carbonyl (C=O) groups excluding carboxylic acids is 1. The third-order valence-electron chi connectivity index (χ3n) is 4.91. The SMILES string of the molecule is CCn1cc(-c2ccnc3c(C(=O)Nc4c(C)cccc4C)cnn23)c(C)n1. The van der Waals surface area contributed by atoms with Crippen molar-refractivity contribution in [3.05, 3.63) is 65.2 Å². The fourth-order valence-corrected chi connectivity index (χ4v) is 3.38. The molecule has 0 atom stereocenters. The highest BCUT2D eigenvalue weighted by Crippen LogP contribution is 2.25. The van der Waals surface area contributed by atoms with Gasteiger partial charge in [0.1, 0.15) is 5.56 Å². The van der Waals surface area contributed by atoms with E-state index in [0.29, 0.717) is 11.2 Å². The van der Waals surface area contributed by atoms with Gasteiger partial charge < -0.3 is 5.32 Å². The zero-order valence-corrected chi connectivity index (χ0v) is 16.4. The minimum Gasteiger partial charge on any atom is -0.321 e. The molecule has 0 aliphatic rings. The molecule has 3 aromatic heterocycles. The molecule has 7 nitrogen and oxygen atoms in total. The maximum Gasteiger partial charge on any atom is 0.261 e. The van der Waals surface area contributed by atoms with Crippen LogP contribution in [0, 0.1) is 20.8 Å². The molecule has 3 heterocycles. The number of benzene rings is 1. The lowest BCUT2D eigenvalue weighted by molar-refractivity contribution is 0.102. The predicted molar refractivity (Wildman–Crippen MR) is 108 cm³/mol. The van der Waals surface area contributed by atoms with Crippen LogP contribution >= 0.6 is 0 Å². The summed E-state index contributed by atoms with van der Waals surface area (Å²) >= 11 is 0. The average molecular weight is 374 g/mol. The normalized spacial score (nSPS) is 11.1. The molecule has 0 aliphatic heterocycles. The first-order chi connectivity index (χ1) is 13.5. The fourth-order valence-electron chi connectivity index (χ4n) is 3.38. The van der Waals surface area contributed by atoms with E-state index in [1.54, 1.807) is 16.9 Å². The van der Waals surface area contributed by atoms with E-state index in [1.807, 2.05) is 62.8 Å². The Labute approximate surface area is 163 Å². The van der Waals surface area contributed by atoms with Crippen molar-refractivity contribution in [3.63, 3.8) is 0 Å². The predicted octanol–water partition coefficient (Wildman–Crippen LogP) is 3.79. The van der Waals surface area contributed by atoms with Gasteiger partial charge in [-0.2, -0.15) is 10.2 Å². The highest BCUT2D eigenvalue weighted by molar-refractivity contribution is 6.08. The van der Waals surface area contributed by atoms with Crippen LogP contribution in [0.2, 0.25) is 0 Å². The van der Waals surface area contributed by atoms with Gasteiger partial charge in [0.15, 0.2) is 5.65 Å². The Morgan fingerprint density at radius 1 is 1.14 bits per heavy atom. The first kappa shape index (κ1) is 17.9. The molecule has 1 aromatic carbocycles. The van der Waals surface area contributed by atoms with E-state index in [4.69, 9.17) is 0 Å². The van der Waals surface area contributed by atoms with Crippen molar-refractivity contribution in [3.8, 4) is 11.3 Å². The minimum atomic E-state index is -0.224. The second-order valence-corrected chi connectivity index (χ2v) is 6.83. The second-order valence-electron chi connectivity index (χ2n) is 6.83. The Morgan fingerprint density at radius 3 is 2.57 bits per heavy atom. The molecule has 0 aliphatic carbocycles. The van der Waals surface area contributed by atoms with Crippen LogP contribution in [0.15, 0.2) is 42.9 Å². The molecule has 0 bridgehead atoms. The van der Waals surface area contributed by atoms with Crippen molar-refractivity contribution in [2.75, 3.05) is 5.32 Å². The lowest BCUT2D eigenvalue weighted by atomic mass is 10.1. The maximum absolute atomic E-state index is 12.9. The number of amides is 1. The number of fused-ring (bicyclic) bond motifs is 1. The van der Waals surface area contributed by atoms with E-state index in [9.17, 15) is 4.79 Å². The summed E-state index contributed by atoms with van der Waals surface area (Å²) in [5.41, 5.74) is 6.54. The number of carbonyl (C=O) groups is 1. The second kappa shape index (κ2) is 6.92. The number of rotatable bonds is 4. The molecule has 0 spiro atoms. The molecule has 0 fully saturated rings. The molecule has 0 radical (unpaired) electrons. The summed E-state index contributed by atoms with van der Waals surface area (Å²) in [5.74, 6) is -0.224. The minimum absolute atomic E-state index is 0.224. The Kier molecular flexibility index (Phi) is 4.43. The molecule has 0 saturated heterocycles. The van der Waals surface area contributed by atoms with Crippen molar-refractivity contribution in [2.45, 2.75) is 34.2 Å². The van der Waals surface area contributed by atoms with Gasteiger partial charge in [-0.3, -0.25) is 9.48 Å². The fraction of sp³-hybridized carbons (Fsp3) is 0.238. The van der Waals surface area contributed by atoms with Crippen LogP contribution in [0.5, 0.6) is 0 Å². The lowest BCUT2D eigenvalue weighted by Gasteiger charge is -2.10. The van der Waals surface area contributed by atoms with E-state index in [1.165, 1.54) is 0 Å². The number of hydrogen-bond acceptors (Lipinski definition) is 4. The van der Waals surface area contributed by atoms with Gasteiger partial charge in [-0.1, -0.05) is 18.2 Å². The summed E-state index contributed by atoms with van der Waals surface area (Å²) in [6.07, 6.45) is 5.25. The van der Waals surface area contributed by atoms with Crippen molar-refractivity contribution >= 4 is 17.2 Å². The van der Waals surface area contributed by atoms with Gasteiger partial charge in [-0.05, 0) is 44.9 Å².